The van der Waals surface area contributed by atoms with E-state index < -0.39 is 15.8 Å². The lowest BCUT2D eigenvalue weighted by molar-refractivity contribution is 0.252. The fourth-order valence-corrected chi connectivity index (χ4v) is 3.19. The maximum Gasteiger partial charge on any atom is 0.288 e. The van der Waals surface area contributed by atoms with Gasteiger partial charge in [-0.15, -0.1) is 0 Å². The van der Waals surface area contributed by atoms with E-state index in [1.165, 1.54) is 36.4 Å². The molecule has 0 aromatic heterocycles. The minimum Gasteiger partial charge on any atom is -0.280 e. The van der Waals surface area contributed by atoms with Crippen LogP contribution in [-0.4, -0.2) is 14.2 Å². The third-order valence-electron chi connectivity index (χ3n) is 2.66. The third-order valence-corrected chi connectivity index (χ3v) is 4.78. The van der Waals surface area contributed by atoms with E-state index in [2.05, 4.69) is 4.72 Å². The van der Waals surface area contributed by atoms with E-state index in [0.717, 1.165) is 5.56 Å². The van der Waals surface area contributed by atoms with Gasteiger partial charge in [-0.05, 0) is 43.3 Å². The molecule has 0 radical (unpaired) electrons. The van der Waals surface area contributed by atoms with Crippen LogP contribution in [0.1, 0.15) is 5.56 Å². The highest BCUT2D eigenvalue weighted by Crippen LogP contribution is 2.26. The molecule has 0 spiro atoms. The number of rotatable bonds is 5. The smallest absolute Gasteiger partial charge is 0.280 e. The monoisotopic (exact) mass is 329 g/mol. The molecule has 0 aliphatic heterocycles. The molecule has 0 atom stereocenters. The summed E-state index contributed by atoms with van der Waals surface area (Å²) in [5, 5.41) is 0. The van der Waals surface area contributed by atoms with Gasteiger partial charge < -0.3 is 0 Å². The van der Waals surface area contributed by atoms with Gasteiger partial charge in [-0.2, -0.15) is 8.78 Å². The molecule has 7 heteroatoms. The summed E-state index contributed by atoms with van der Waals surface area (Å²) in [7, 11) is -3.67. The molecule has 0 bridgehead atoms. The number of hydrogen-bond acceptors (Lipinski definition) is 3. The first-order chi connectivity index (χ1) is 9.87. The number of benzene rings is 2. The highest BCUT2D eigenvalue weighted by atomic mass is 32.2. The van der Waals surface area contributed by atoms with E-state index in [4.69, 9.17) is 0 Å². The topological polar surface area (TPSA) is 46.2 Å². The standard InChI is InChI=1S/C14H13F2NO2S2/c1-10-2-8-13(9-3-10)21(18,19)17-11-4-6-12(7-5-11)20-14(15)16/h2-9,14,17H,1H3. The summed E-state index contributed by atoms with van der Waals surface area (Å²) in [5.74, 6) is -2.50. The molecule has 2 rings (SSSR count). The van der Waals surface area contributed by atoms with Gasteiger partial charge in [0.2, 0.25) is 0 Å². The highest BCUT2D eigenvalue weighted by Gasteiger charge is 2.14. The van der Waals surface area contributed by atoms with Gasteiger partial charge in [-0.25, -0.2) is 8.42 Å². The summed E-state index contributed by atoms with van der Waals surface area (Å²) >= 11 is 0.413. The Balaban J connectivity index is 2.15. The van der Waals surface area contributed by atoms with E-state index in [0.29, 0.717) is 22.3 Å². The van der Waals surface area contributed by atoms with Crippen molar-refractivity contribution in [3.05, 3.63) is 54.1 Å². The minimum absolute atomic E-state index is 0.152. The van der Waals surface area contributed by atoms with Crippen LogP contribution in [0.4, 0.5) is 14.5 Å². The number of nitrogens with one attached hydrogen (secondary N) is 1. The average Bonchev–Trinajstić information content (AvgIpc) is 2.40. The van der Waals surface area contributed by atoms with Crippen LogP contribution in [0.15, 0.2) is 58.3 Å². The molecular weight excluding hydrogens is 316 g/mol. The Kier molecular flexibility index (Phi) is 4.84. The summed E-state index contributed by atoms with van der Waals surface area (Å²) in [4.78, 5) is 0.530. The molecule has 2 aromatic rings. The maximum absolute atomic E-state index is 12.2. The molecule has 2 aromatic carbocycles. The van der Waals surface area contributed by atoms with Gasteiger partial charge in [0.1, 0.15) is 0 Å². The van der Waals surface area contributed by atoms with Crippen molar-refractivity contribution >= 4 is 27.5 Å². The van der Waals surface area contributed by atoms with Crippen LogP contribution in [0.3, 0.4) is 0 Å². The molecule has 0 saturated heterocycles. The number of anilines is 1. The van der Waals surface area contributed by atoms with Crippen LogP contribution in [0.2, 0.25) is 0 Å². The predicted octanol–water partition coefficient (Wildman–Crippen LogP) is 4.11. The zero-order chi connectivity index (χ0) is 15.5. The van der Waals surface area contributed by atoms with E-state index in [1.807, 2.05) is 6.92 Å². The number of alkyl halides is 2. The van der Waals surface area contributed by atoms with E-state index >= 15 is 0 Å². The number of sulfonamides is 1. The Morgan fingerprint density at radius 2 is 1.57 bits per heavy atom. The predicted molar refractivity (Wildman–Crippen MR) is 80.3 cm³/mol. The second-order valence-electron chi connectivity index (χ2n) is 4.32. The Bertz CT molecular complexity index is 699. The first kappa shape index (κ1) is 15.8. The normalized spacial score (nSPS) is 11.6. The molecule has 1 N–H and O–H groups in total. The first-order valence-corrected chi connectivity index (χ1v) is 8.37. The van der Waals surface area contributed by atoms with Crippen LogP contribution in [0.5, 0.6) is 0 Å². The lowest BCUT2D eigenvalue weighted by Crippen LogP contribution is -2.12. The van der Waals surface area contributed by atoms with Crippen molar-refractivity contribution in [2.45, 2.75) is 22.5 Å². The van der Waals surface area contributed by atoms with Gasteiger partial charge in [0.15, 0.2) is 0 Å². The Morgan fingerprint density at radius 1 is 1.00 bits per heavy atom. The van der Waals surface area contributed by atoms with Crippen LogP contribution in [-0.2, 0) is 10.0 Å². The van der Waals surface area contributed by atoms with Crippen molar-refractivity contribution in [2.75, 3.05) is 4.72 Å². The zero-order valence-electron chi connectivity index (χ0n) is 11.1. The van der Waals surface area contributed by atoms with Gasteiger partial charge in [-0.1, -0.05) is 29.5 Å². The molecule has 3 nitrogen and oxygen atoms in total. The third kappa shape index (κ3) is 4.44. The summed E-state index contributed by atoms with van der Waals surface area (Å²) in [5.41, 5.74) is 1.29. The fraction of sp³-hybridized carbons (Fsp3) is 0.143. The lowest BCUT2D eigenvalue weighted by atomic mass is 10.2. The SMILES string of the molecule is Cc1ccc(S(=O)(=O)Nc2ccc(SC(F)F)cc2)cc1. The lowest BCUT2D eigenvalue weighted by Gasteiger charge is -2.09. The van der Waals surface area contributed by atoms with Crippen LogP contribution >= 0.6 is 11.8 Å². The number of hydrogen-bond donors (Lipinski definition) is 1. The maximum atomic E-state index is 12.2. The van der Waals surface area contributed by atoms with E-state index in [1.54, 1.807) is 12.1 Å². The van der Waals surface area contributed by atoms with E-state index in [9.17, 15) is 17.2 Å². The Morgan fingerprint density at radius 3 is 2.10 bits per heavy atom. The Labute approximate surface area is 126 Å². The van der Waals surface area contributed by atoms with Crippen molar-refractivity contribution in [3.8, 4) is 0 Å². The molecule has 0 aliphatic rings. The second-order valence-corrected chi connectivity index (χ2v) is 7.07. The van der Waals surface area contributed by atoms with Gasteiger partial charge in [0.25, 0.3) is 15.8 Å². The van der Waals surface area contributed by atoms with Gasteiger partial charge >= 0.3 is 0 Å². The molecule has 0 heterocycles. The number of aryl methyl sites for hydroxylation is 1. The largest absolute Gasteiger partial charge is 0.288 e. The fourth-order valence-electron chi connectivity index (χ4n) is 1.64. The summed E-state index contributed by atoms with van der Waals surface area (Å²) < 4.78 is 51.1. The van der Waals surface area contributed by atoms with Crippen molar-refractivity contribution in [2.24, 2.45) is 0 Å². The molecule has 21 heavy (non-hydrogen) atoms. The highest BCUT2D eigenvalue weighted by molar-refractivity contribution is 7.99. The second kappa shape index (κ2) is 6.44. The first-order valence-electron chi connectivity index (χ1n) is 6.01. The van der Waals surface area contributed by atoms with E-state index in [-0.39, 0.29) is 4.90 Å². The molecule has 0 saturated carbocycles. The van der Waals surface area contributed by atoms with Gasteiger partial charge in [0, 0.05) is 10.6 Å². The van der Waals surface area contributed by atoms with Crippen LogP contribution in [0.25, 0.3) is 0 Å². The number of thioether (sulfide) groups is 1. The zero-order valence-corrected chi connectivity index (χ0v) is 12.7. The Hall–Kier alpha value is -1.60. The minimum atomic E-state index is -3.67. The summed E-state index contributed by atoms with van der Waals surface area (Å²) in [6.45, 7) is 1.86. The molecule has 0 fully saturated rings. The molecule has 0 aliphatic carbocycles. The quantitative estimate of drug-likeness (QED) is 0.840. The van der Waals surface area contributed by atoms with Crippen LogP contribution < -0.4 is 4.72 Å². The van der Waals surface area contributed by atoms with Gasteiger partial charge in [-0.3, -0.25) is 4.72 Å². The summed E-state index contributed by atoms with van der Waals surface area (Å²) in [6, 6.07) is 12.2. The van der Waals surface area contributed by atoms with Gasteiger partial charge in [0.05, 0.1) is 4.90 Å². The molecule has 112 valence electrons. The van der Waals surface area contributed by atoms with Crippen molar-refractivity contribution < 1.29 is 17.2 Å². The van der Waals surface area contributed by atoms with Crippen LogP contribution in [0, 0.1) is 6.92 Å². The van der Waals surface area contributed by atoms with Crippen molar-refractivity contribution in [1.82, 2.24) is 0 Å². The average molecular weight is 329 g/mol. The molecular formula is C14H13F2NO2S2. The van der Waals surface area contributed by atoms with Crippen molar-refractivity contribution in [3.63, 3.8) is 0 Å². The molecule has 0 amide bonds. The van der Waals surface area contributed by atoms with Crippen molar-refractivity contribution in [1.29, 1.82) is 0 Å². The summed E-state index contributed by atoms with van der Waals surface area (Å²) in [6.07, 6.45) is 0. The number of halogens is 2. The molecule has 0 unspecified atom stereocenters.